The fourth-order valence-corrected chi connectivity index (χ4v) is 2.50. The minimum Gasteiger partial charge on any atom is -0.481 e. The van der Waals surface area contributed by atoms with Crippen LogP contribution in [0, 0.1) is 25.7 Å². The Balaban J connectivity index is 2.14. The molecule has 106 valence electrons. The van der Waals surface area contributed by atoms with Crippen LogP contribution in [0.3, 0.4) is 0 Å². The van der Waals surface area contributed by atoms with Gasteiger partial charge in [0.2, 0.25) is 5.91 Å². The summed E-state index contributed by atoms with van der Waals surface area (Å²) in [6.07, 6.45) is 4.53. The third-order valence-electron chi connectivity index (χ3n) is 3.44. The van der Waals surface area contributed by atoms with Crippen LogP contribution in [-0.4, -0.2) is 22.0 Å². The highest BCUT2D eigenvalue weighted by molar-refractivity contribution is 5.94. The van der Waals surface area contributed by atoms with E-state index in [1.807, 2.05) is 32.1 Å². The average molecular weight is 274 g/mol. The van der Waals surface area contributed by atoms with Crippen molar-refractivity contribution in [3.05, 3.63) is 35.5 Å². The summed E-state index contributed by atoms with van der Waals surface area (Å²) in [5.41, 5.74) is 1.82. The molecule has 0 fully saturated rings. The quantitative estimate of drug-likeness (QED) is 0.829. The van der Waals surface area contributed by atoms with Gasteiger partial charge in [-0.05, 0) is 44.4 Å². The number of nitrogens with one attached hydrogen (secondary N) is 1. The minimum absolute atomic E-state index is 0.278. The molecule has 1 heterocycles. The SMILES string of the molecule is Cc1cc(C)nc(NC(=O)[C@@H]2CC=CC[C@@H]2C(=O)O)c1. The summed E-state index contributed by atoms with van der Waals surface area (Å²) in [6, 6.07) is 3.69. The van der Waals surface area contributed by atoms with Gasteiger partial charge in [0.1, 0.15) is 5.82 Å². The molecule has 0 unspecified atom stereocenters. The number of carbonyl (C=O) groups excluding carboxylic acids is 1. The van der Waals surface area contributed by atoms with Gasteiger partial charge in [0.25, 0.3) is 0 Å². The molecule has 1 aliphatic rings. The maximum atomic E-state index is 12.3. The first-order valence-corrected chi connectivity index (χ1v) is 6.61. The molecule has 0 bridgehead atoms. The number of allylic oxidation sites excluding steroid dienone is 2. The van der Waals surface area contributed by atoms with Gasteiger partial charge < -0.3 is 10.4 Å². The molecule has 0 saturated heterocycles. The largest absolute Gasteiger partial charge is 0.481 e. The van der Waals surface area contributed by atoms with Gasteiger partial charge >= 0.3 is 5.97 Å². The molecule has 0 saturated carbocycles. The van der Waals surface area contributed by atoms with Crippen LogP contribution in [0.25, 0.3) is 0 Å². The van der Waals surface area contributed by atoms with E-state index >= 15 is 0 Å². The molecule has 1 amide bonds. The second-order valence-corrected chi connectivity index (χ2v) is 5.15. The normalized spacial score (nSPS) is 21.5. The van der Waals surface area contributed by atoms with Crippen molar-refractivity contribution in [1.82, 2.24) is 4.98 Å². The zero-order valence-corrected chi connectivity index (χ0v) is 11.6. The Bertz CT molecular complexity index is 546. The van der Waals surface area contributed by atoms with Crippen LogP contribution in [0.1, 0.15) is 24.1 Å². The summed E-state index contributed by atoms with van der Waals surface area (Å²) < 4.78 is 0. The number of hydrogen-bond acceptors (Lipinski definition) is 3. The molecule has 0 spiro atoms. The predicted octanol–water partition coefficient (Wildman–Crippen LogP) is 2.30. The van der Waals surface area contributed by atoms with Crippen LogP contribution in [0.2, 0.25) is 0 Å². The lowest BCUT2D eigenvalue weighted by Crippen LogP contribution is -2.35. The monoisotopic (exact) mass is 274 g/mol. The van der Waals surface area contributed by atoms with Gasteiger partial charge in [-0.25, -0.2) is 4.98 Å². The Morgan fingerprint density at radius 2 is 1.85 bits per heavy atom. The van der Waals surface area contributed by atoms with E-state index in [0.29, 0.717) is 18.7 Å². The fraction of sp³-hybridized carbons (Fsp3) is 0.400. The highest BCUT2D eigenvalue weighted by atomic mass is 16.4. The second kappa shape index (κ2) is 5.86. The molecule has 0 aromatic carbocycles. The summed E-state index contributed by atoms with van der Waals surface area (Å²) in [5.74, 6) is -1.93. The topological polar surface area (TPSA) is 79.3 Å². The van der Waals surface area contributed by atoms with Crippen molar-refractivity contribution in [2.45, 2.75) is 26.7 Å². The van der Waals surface area contributed by atoms with Crippen LogP contribution in [0.15, 0.2) is 24.3 Å². The fourth-order valence-electron chi connectivity index (χ4n) is 2.50. The highest BCUT2D eigenvalue weighted by Gasteiger charge is 2.34. The number of carbonyl (C=O) groups is 2. The molecule has 2 rings (SSSR count). The average Bonchev–Trinajstić information content (AvgIpc) is 2.37. The summed E-state index contributed by atoms with van der Waals surface area (Å²) in [4.78, 5) is 27.7. The van der Waals surface area contributed by atoms with E-state index in [0.717, 1.165) is 11.3 Å². The lowest BCUT2D eigenvalue weighted by molar-refractivity contribution is -0.146. The van der Waals surface area contributed by atoms with Crippen LogP contribution >= 0.6 is 0 Å². The molecule has 1 aliphatic carbocycles. The van der Waals surface area contributed by atoms with Gasteiger partial charge in [0.15, 0.2) is 0 Å². The van der Waals surface area contributed by atoms with Gasteiger partial charge in [-0.2, -0.15) is 0 Å². The lowest BCUT2D eigenvalue weighted by atomic mass is 9.82. The smallest absolute Gasteiger partial charge is 0.307 e. The van der Waals surface area contributed by atoms with Gasteiger partial charge in [-0.3, -0.25) is 9.59 Å². The molecule has 2 N–H and O–H groups in total. The Labute approximate surface area is 117 Å². The molecule has 2 atom stereocenters. The third kappa shape index (κ3) is 3.23. The number of anilines is 1. The van der Waals surface area contributed by atoms with Crippen molar-refractivity contribution in [1.29, 1.82) is 0 Å². The predicted molar refractivity (Wildman–Crippen MR) is 75.3 cm³/mol. The minimum atomic E-state index is -0.928. The Kier molecular flexibility index (Phi) is 4.17. The van der Waals surface area contributed by atoms with Crippen molar-refractivity contribution in [2.75, 3.05) is 5.32 Å². The van der Waals surface area contributed by atoms with Gasteiger partial charge in [-0.1, -0.05) is 12.2 Å². The van der Waals surface area contributed by atoms with Crippen LogP contribution < -0.4 is 5.32 Å². The molecule has 1 aromatic rings. The number of aryl methyl sites for hydroxylation is 2. The van der Waals surface area contributed by atoms with E-state index in [2.05, 4.69) is 10.3 Å². The van der Waals surface area contributed by atoms with Crippen LogP contribution in [0.5, 0.6) is 0 Å². The van der Waals surface area contributed by atoms with Crippen molar-refractivity contribution < 1.29 is 14.7 Å². The third-order valence-corrected chi connectivity index (χ3v) is 3.44. The number of nitrogens with zero attached hydrogens (tertiary/aromatic N) is 1. The number of hydrogen-bond donors (Lipinski definition) is 2. The molecular formula is C15H18N2O3. The Morgan fingerprint density at radius 1 is 1.20 bits per heavy atom. The lowest BCUT2D eigenvalue weighted by Gasteiger charge is -2.24. The summed E-state index contributed by atoms with van der Waals surface area (Å²) >= 11 is 0. The standard InChI is InChI=1S/C15H18N2O3/c1-9-7-10(2)16-13(8-9)17-14(18)11-5-3-4-6-12(11)15(19)20/h3-4,7-8,11-12H,5-6H2,1-2H3,(H,19,20)(H,16,17,18)/t11-,12+/m1/s1. The number of pyridine rings is 1. The van der Waals surface area contributed by atoms with Crippen LogP contribution in [0.4, 0.5) is 5.82 Å². The van der Waals surface area contributed by atoms with E-state index < -0.39 is 17.8 Å². The molecule has 1 aromatic heterocycles. The van der Waals surface area contributed by atoms with Crippen LogP contribution in [-0.2, 0) is 9.59 Å². The first-order valence-electron chi connectivity index (χ1n) is 6.61. The zero-order chi connectivity index (χ0) is 14.7. The molecule has 5 nitrogen and oxygen atoms in total. The number of rotatable bonds is 3. The number of carboxylic acids is 1. The second-order valence-electron chi connectivity index (χ2n) is 5.15. The summed E-state index contributed by atoms with van der Waals surface area (Å²) in [6.45, 7) is 3.78. The molecule has 20 heavy (non-hydrogen) atoms. The van der Waals surface area contributed by atoms with Gasteiger partial charge in [-0.15, -0.1) is 0 Å². The van der Waals surface area contributed by atoms with Gasteiger partial charge in [0, 0.05) is 5.69 Å². The Morgan fingerprint density at radius 3 is 2.45 bits per heavy atom. The molecular weight excluding hydrogens is 256 g/mol. The molecule has 0 radical (unpaired) electrons. The van der Waals surface area contributed by atoms with E-state index in [1.165, 1.54) is 0 Å². The maximum absolute atomic E-state index is 12.3. The van der Waals surface area contributed by atoms with E-state index in [1.54, 1.807) is 6.07 Å². The molecule has 5 heteroatoms. The highest BCUT2D eigenvalue weighted by Crippen LogP contribution is 2.27. The van der Waals surface area contributed by atoms with Crippen molar-refractivity contribution in [3.8, 4) is 0 Å². The van der Waals surface area contributed by atoms with Crippen molar-refractivity contribution >= 4 is 17.7 Å². The number of carboxylic acid groups (broad SMARTS) is 1. The van der Waals surface area contributed by atoms with Gasteiger partial charge in [0.05, 0.1) is 11.8 Å². The summed E-state index contributed by atoms with van der Waals surface area (Å²) in [7, 11) is 0. The first-order chi connectivity index (χ1) is 9.47. The van der Waals surface area contributed by atoms with E-state index in [-0.39, 0.29) is 5.91 Å². The van der Waals surface area contributed by atoms with E-state index in [9.17, 15) is 14.7 Å². The number of aliphatic carboxylic acids is 1. The zero-order valence-electron chi connectivity index (χ0n) is 11.6. The maximum Gasteiger partial charge on any atom is 0.307 e. The van der Waals surface area contributed by atoms with Crippen molar-refractivity contribution in [3.63, 3.8) is 0 Å². The Hall–Kier alpha value is -2.17. The summed E-state index contributed by atoms with van der Waals surface area (Å²) in [5, 5.41) is 11.9. The van der Waals surface area contributed by atoms with Crippen molar-refractivity contribution in [2.24, 2.45) is 11.8 Å². The molecule has 0 aliphatic heterocycles. The number of amides is 1. The first kappa shape index (κ1) is 14.2. The van der Waals surface area contributed by atoms with E-state index in [4.69, 9.17) is 0 Å². The number of aromatic nitrogens is 1.